The highest BCUT2D eigenvalue weighted by atomic mass is 32.1. The average Bonchev–Trinajstić information content (AvgIpc) is 2.30. The SMILES string of the molecule is COCc1nc(=S)cc(-c2cncnc2)[nH]1. The summed E-state index contributed by atoms with van der Waals surface area (Å²) in [6, 6.07) is 1.77. The largest absolute Gasteiger partial charge is 0.377 e. The molecule has 0 aliphatic heterocycles. The molecule has 0 atom stereocenters. The lowest BCUT2D eigenvalue weighted by Crippen LogP contribution is -1.99. The van der Waals surface area contributed by atoms with Gasteiger partial charge in [-0.2, -0.15) is 0 Å². The van der Waals surface area contributed by atoms with Gasteiger partial charge in [0, 0.05) is 25.1 Å². The van der Waals surface area contributed by atoms with Crippen LogP contribution in [-0.4, -0.2) is 27.0 Å². The van der Waals surface area contributed by atoms with E-state index < -0.39 is 0 Å². The van der Waals surface area contributed by atoms with Crippen molar-refractivity contribution >= 4 is 12.2 Å². The maximum absolute atomic E-state index is 5.07. The maximum atomic E-state index is 5.07. The minimum Gasteiger partial charge on any atom is -0.377 e. The van der Waals surface area contributed by atoms with Crippen molar-refractivity contribution in [3.8, 4) is 11.3 Å². The standard InChI is InChI=1S/C10H10N4OS/c1-15-5-9-13-8(2-10(16)14-9)7-3-11-6-12-4-7/h2-4,6H,5H2,1H3,(H,13,14,16). The molecule has 2 aromatic rings. The molecule has 0 unspecified atom stereocenters. The van der Waals surface area contributed by atoms with E-state index in [9.17, 15) is 0 Å². The second-order valence-electron chi connectivity index (χ2n) is 3.14. The molecule has 16 heavy (non-hydrogen) atoms. The third-order valence-corrected chi connectivity index (χ3v) is 2.15. The summed E-state index contributed by atoms with van der Waals surface area (Å²) in [7, 11) is 1.61. The number of aromatic amines is 1. The van der Waals surface area contributed by atoms with Gasteiger partial charge in [0.1, 0.15) is 23.4 Å². The van der Waals surface area contributed by atoms with E-state index in [2.05, 4.69) is 19.9 Å². The van der Waals surface area contributed by atoms with Gasteiger partial charge in [0.2, 0.25) is 0 Å². The van der Waals surface area contributed by atoms with Gasteiger partial charge in [0.15, 0.2) is 0 Å². The summed E-state index contributed by atoms with van der Waals surface area (Å²) in [5.74, 6) is 0.689. The molecule has 5 nitrogen and oxygen atoms in total. The first-order valence-electron chi connectivity index (χ1n) is 4.64. The van der Waals surface area contributed by atoms with Crippen LogP contribution in [-0.2, 0) is 11.3 Å². The van der Waals surface area contributed by atoms with Crippen molar-refractivity contribution in [2.75, 3.05) is 7.11 Å². The highest BCUT2D eigenvalue weighted by molar-refractivity contribution is 7.71. The van der Waals surface area contributed by atoms with E-state index in [0.29, 0.717) is 17.1 Å². The monoisotopic (exact) mass is 234 g/mol. The second-order valence-corrected chi connectivity index (χ2v) is 3.56. The summed E-state index contributed by atoms with van der Waals surface area (Å²) < 4.78 is 5.52. The van der Waals surface area contributed by atoms with E-state index in [-0.39, 0.29) is 0 Å². The van der Waals surface area contributed by atoms with Crippen molar-refractivity contribution < 1.29 is 4.74 Å². The topological polar surface area (TPSA) is 63.7 Å². The highest BCUT2D eigenvalue weighted by Gasteiger charge is 2.01. The van der Waals surface area contributed by atoms with Gasteiger partial charge in [0.25, 0.3) is 0 Å². The first-order valence-corrected chi connectivity index (χ1v) is 5.05. The van der Waals surface area contributed by atoms with E-state index in [1.807, 2.05) is 0 Å². The van der Waals surface area contributed by atoms with Gasteiger partial charge in [-0.25, -0.2) is 15.0 Å². The fourth-order valence-corrected chi connectivity index (χ4v) is 1.54. The van der Waals surface area contributed by atoms with Crippen LogP contribution in [0.1, 0.15) is 5.82 Å². The van der Waals surface area contributed by atoms with Gasteiger partial charge in [-0.1, -0.05) is 12.2 Å². The summed E-state index contributed by atoms with van der Waals surface area (Å²) in [5, 5.41) is 0. The zero-order chi connectivity index (χ0) is 11.4. The van der Waals surface area contributed by atoms with Crippen LogP contribution in [0.5, 0.6) is 0 Å². The molecule has 0 saturated carbocycles. The maximum Gasteiger partial charge on any atom is 0.134 e. The van der Waals surface area contributed by atoms with Crippen LogP contribution in [0.2, 0.25) is 0 Å². The molecule has 0 fully saturated rings. The first-order chi connectivity index (χ1) is 7.79. The Kier molecular flexibility index (Phi) is 3.33. The van der Waals surface area contributed by atoms with E-state index >= 15 is 0 Å². The normalized spacial score (nSPS) is 10.3. The van der Waals surface area contributed by atoms with Crippen LogP contribution in [0, 0.1) is 4.64 Å². The predicted octanol–water partition coefficient (Wildman–Crippen LogP) is 1.74. The Morgan fingerprint density at radius 3 is 2.81 bits per heavy atom. The zero-order valence-electron chi connectivity index (χ0n) is 8.67. The second kappa shape index (κ2) is 4.91. The average molecular weight is 234 g/mol. The molecule has 2 heterocycles. The molecule has 82 valence electrons. The Labute approximate surface area is 97.6 Å². The lowest BCUT2D eigenvalue weighted by atomic mass is 10.2. The van der Waals surface area contributed by atoms with Crippen LogP contribution in [0.3, 0.4) is 0 Å². The molecule has 0 bridgehead atoms. The van der Waals surface area contributed by atoms with E-state index in [1.165, 1.54) is 6.33 Å². The van der Waals surface area contributed by atoms with Crippen molar-refractivity contribution in [1.82, 2.24) is 19.9 Å². The van der Waals surface area contributed by atoms with Crippen molar-refractivity contribution in [1.29, 1.82) is 0 Å². The van der Waals surface area contributed by atoms with Crippen LogP contribution in [0.25, 0.3) is 11.3 Å². The molecule has 0 aliphatic carbocycles. The van der Waals surface area contributed by atoms with E-state index in [1.54, 1.807) is 25.6 Å². The smallest absolute Gasteiger partial charge is 0.134 e. The lowest BCUT2D eigenvalue weighted by molar-refractivity contribution is 0.177. The Hall–Kier alpha value is -1.66. The van der Waals surface area contributed by atoms with Gasteiger partial charge in [-0.15, -0.1) is 0 Å². The Balaban J connectivity index is 2.45. The van der Waals surface area contributed by atoms with Gasteiger partial charge < -0.3 is 9.72 Å². The van der Waals surface area contributed by atoms with Crippen molar-refractivity contribution in [2.24, 2.45) is 0 Å². The van der Waals surface area contributed by atoms with Crippen molar-refractivity contribution in [3.05, 3.63) is 35.3 Å². The number of rotatable bonds is 3. The molecular formula is C10H10N4OS. The molecule has 0 aliphatic rings. The molecule has 0 amide bonds. The Bertz CT molecular complexity index is 526. The van der Waals surface area contributed by atoms with Crippen LogP contribution >= 0.6 is 12.2 Å². The molecule has 0 aromatic carbocycles. The third-order valence-electron chi connectivity index (χ3n) is 1.94. The number of aromatic nitrogens is 4. The number of nitrogens with one attached hydrogen (secondary N) is 1. The van der Waals surface area contributed by atoms with Crippen molar-refractivity contribution in [2.45, 2.75) is 6.61 Å². The first kappa shape index (κ1) is 10.8. The molecule has 0 radical (unpaired) electrons. The number of ether oxygens (including phenoxy) is 1. The van der Waals surface area contributed by atoms with Gasteiger partial charge in [-0.05, 0) is 6.07 Å². The summed E-state index contributed by atoms with van der Waals surface area (Å²) in [4.78, 5) is 15.2. The van der Waals surface area contributed by atoms with Gasteiger partial charge >= 0.3 is 0 Å². The number of methoxy groups -OCH3 is 1. The van der Waals surface area contributed by atoms with Gasteiger partial charge in [-0.3, -0.25) is 0 Å². The summed E-state index contributed by atoms with van der Waals surface area (Å²) in [6.45, 7) is 0.394. The van der Waals surface area contributed by atoms with Crippen LogP contribution in [0.4, 0.5) is 0 Å². The number of nitrogens with zero attached hydrogens (tertiary/aromatic N) is 3. The van der Waals surface area contributed by atoms with Crippen LogP contribution in [0.15, 0.2) is 24.8 Å². The molecule has 0 spiro atoms. The predicted molar refractivity (Wildman–Crippen MR) is 61.2 cm³/mol. The van der Waals surface area contributed by atoms with E-state index in [0.717, 1.165) is 11.3 Å². The highest BCUT2D eigenvalue weighted by Crippen LogP contribution is 2.14. The molecular weight excluding hydrogens is 224 g/mol. The number of hydrogen-bond acceptors (Lipinski definition) is 5. The summed E-state index contributed by atoms with van der Waals surface area (Å²) in [5.41, 5.74) is 1.71. The molecule has 1 N–H and O–H groups in total. The lowest BCUT2D eigenvalue weighted by Gasteiger charge is -2.04. The third kappa shape index (κ3) is 2.47. The number of H-pyrrole nitrogens is 1. The number of hydrogen-bond donors (Lipinski definition) is 1. The van der Waals surface area contributed by atoms with Gasteiger partial charge in [0.05, 0.1) is 5.69 Å². The zero-order valence-corrected chi connectivity index (χ0v) is 9.49. The molecule has 2 rings (SSSR count). The van der Waals surface area contributed by atoms with E-state index in [4.69, 9.17) is 17.0 Å². The summed E-state index contributed by atoms with van der Waals surface area (Å²) >= 11 is 5.07. The Morgan fingerprint density at radius 2 is 2.12 bits per heavy atom. The molecule has 6 heteroatoms. The molecule has 2 aromatic heterocycles. The quantitative estimate of drug-likeness (QED) is 0.819. The summed E-state index contributed by atoms with van der Waals surface area (Å²) in [6.07, 6.45) is 4.91. The fourth-order valence-electron chi connectivity index (χ4n) is 1.31. The minimum atomic E-state index is 0.394. The van der Waals surface area contributed by atoms with Crippen LogP contribution < -0.4 is 0 Å². The fraction of sp³-hybridized carbons (Fsp3) is 0.200. The minimum absolute atomic E-state index is 0.394. The molecule has 0 saturated heterocycles. The Morgan fingerprint density at radius 1 is 1.38 bits per heavy atom. The van der Waals surface area contributed by atoms with Crippen molar-refractivity contribution in [3.63, 3.8) is 0 Å².